The maximum atomic E-state index is 12.2. The summed E-state index contributed by atoms with van der Waals surface area (Å²) in [4.78, 5) is 17.2. The SMILES string of the molecule is COc1ccc(S[C@@H](C)C(=O)Nc2ncc(Cl)cc2Cl)cc1. The average molecular weight is 357 g/mol. The van der Waals surface area contributed by atoms with Gasteiger partial charge < -0.3 is 10.1 Å². The monoisotopic (exact) mass is 356 g/mol. The third kappa shape index (κ3) is 4.53. The number of nitrogens with one attached hydrogen (secondary N) is 1. The Morgan fingerprint density at radius 2 is 2.00 bits per heavy atom. The first kappa shape index (κ1) is 16.9. The van der Waals surface area contributed by atoms with E-state index < -0.39 is 0 Å². The predicted molar refractivity (Wildman–Crippen MR) is 91.2 cm³/mol. The zero-order valence-electron chi connectivity index (χ0n) is 12.0. The minimum Gasteiger partial charge on any atom is -0.497 e. The number of thioether (sulfide) groups is 1. The number of aromatic nitrogens is 1. The Labute approximate surface area is 143 Å². The number of ether oxygens (including phenoxy) is 1. The van der Waals surface area contributed by atoms with Crippen molar-refractivity contribution < 1.29 is 9.53 Å². The number of carbonyl (C=O) groups is 1. The van der Waals surface area contributed by atoms with Gasteiger partial charge in [-0.3, -0.25) is 4.79 Å². The quantitative estimate of drug-likeness (QED) is 0.800. The van der Waals surface area contributed by atoms with Gasteiger partial charge in [0, 0.05) is 11.1 Å². The summed E-state index contributed by atoms with van der Waals surface area (Å²) >= 11 is 13.2. The van der Waals surface area contributed by atoms with E-state index in [0.29, 0.717) is 15.9 Å². The van der Waals surface area contributed by atoms with Crippen LogP contribution < -0.4 is 10.1 Å². The molecule has 1 aromatic heterocycles. The number of nitrogens with zero attached hydrogens (tertiary/aromatic N) is 1. The van der Waals surface area contributed by atoms with E-state index in [9.17, 15) is 4.79 Å². The number of hydrogen-bond donors (Lipinski definition) is 1. The van der Waals surface area contributed by atoms with E-state index in [1.165, 1.54) is 24.0 Å². The van der Waals surface area contributed by atoms with Crippen molar-refractivity contribution in [3.05, 3.63) is 46.6 Å². The Kier molecular flexibility index (Phi) is 5.94. The fourth-order valence-electron chi connectivity index (χ4n) is 1.64. The van der Waals surface area contributed by atoms with E-state index in [4.69, 9.17) is 27.9 Å². The third-order valence-electron chi connectivity index (χ3n) is 2.79. The molecule has 2 rings (SSSR count). The minimum atomic E-state index is -0.304. The Bertz CT molecular complexity index is 665. The molecule has 1 N–H and O–H groups in total. The Hall–Kier alpha value is -1.43. The summed E-state index contributed by atoms with van der Waals surface area (Å²) in [7, 11) is 1.61. The number of amides is 1. The van der Waals surface area contributed by atoms with Crippen LogP contribution >= 0.6 is 35.0 Å². The average Bonchev–Trinajstić information content (AvgIpc) is 2.50. The molecule has 0 unspecified atom stereocenters. The molecule has 0 saturated heterocycles. The lowest BCUT2D eigenvalue weighted by molar-refractivity contribution is -0.115. The lowest BCUT2D eigenvalue weighted by Gasteiger charge is -2.12. The Morgan fingerprint density at radius 3 is 2.59 bits per heavy atom. The number of carbonyl (C=O) groups excluding carboxylic acids is 1. The van der Waals surface area contributed by atoms with Gasteiger partial charge in [-0.25, -0.2) is 4.98 Å². The second kappa shape index (κ2) is 7.72. The molecule has 2 aromatic rings. The number of benzene rings is 1. The molecular weight excluding hydrogens is 343 g/mol. The highest BCUT2D eigenvalue weighted by Gasteiger charge is 2.16. The van der Waals surface area contributed by atoms with Crippen molar-refractivity contribution in [3.8, 4) is 5.75 Å². The summed E-state index contributed by atoms with van der Waals surface area (Å²) in [5.41, 5.74) is 0. The maximum absolute atomic E-state index is 12.2. The number of pyridine rings is 1. The van der Waals surface area contributed by atoms with Gasteiger partial charge in [-0.1, -0.05) is 23.2 Å². The molecule has 116 valence electrons. The van der Waals surface area contributed by atoms with E-state index in [1.807, 2.05) is 31.2 Å². The summed E-state index contributed by atoms with van der Waals surface area (Å²) in [6, 6.07) is 9.05. The lowest BCUT2D eigenvalue weighted by atomic mass is 10.3. The summed E-state index contributed by atoms with van der Waals surface area (Å²) < 4.78 is 5.10. The first-order valence-corrected chi connectivity index (χ1v) is 8.06. The van der Waals surface area contributed by atoms with Gasteiger partial charge in [-0.15, -0.1) is 11.8 Å². The zero-order valence-corrected chi connectivity index (χ0v) is 14.3. The van der Waals surface area contributed by atoms with E-state index in [-0.39, 0.29) is 11.2 Å². The third-order valence-corrected chi connectivity index (χ3v) is 4.40. The van der Waals surface area contributed by atoms with Gasteiger partial charge in [0.15, 0.2) is 5.82 Å². The topological polar surface area (TPSA) is 51.2 Å². The summed E-state index contributed by atoms with van der Waals surface area (Å²) in [6.07, 6.45) is 1.43. The molecule has 0 saturated carbocycles. The molecule has 0 aliphatic carbocycles. The maximum Gasteiger partial charge on any atom is 0.238 e. The van der Waals surface area contributed by atoms with Crippen molar-refractivity contribution in [3.63, 3.8) is 0 Å². The van der Waals surface area contributed by atoms with Crippen LogP contribution in [-0.4, -0.2) is 23.3 Å². The normalized spacial score (nSPS) is 11.8. The van der Waals surface area contributed by atoms with Crippen molar-refractivity contribution in [1.82, 2.24) is 4.98 Å². The van der Waals surface area contributed by atoms with Gasteiger partial charge in [0.2, 0.25) is 5.91 Å². The van der Waals surface area contributed by atoms with Gasteiger partial charge in [-0.05, 0) is 37.3 Å². The molecule has 0 radical (unpaired) electrons. The van der Waals surface area contributed by atoms with Crippen LogP contribution in [-0.2, 0) is 4.79 Å². The van der Waals surface area contributed by atoms with Crippen molar-refractivity contribution in [2.24, 2.45) is 0 Å². The molecule has 0 aliphatic rings. The van der Waals surface area contributed by atoms with Gasteiger partial charge in [-0.2, -0.15) is 0 Å². The molecule has 1 amide bonds. The molecular formula is C15H14Cl2N2O2S. The van der Waals surface area contributed by atoms with Gasteiger partial charge >= 0.3 is 0 Å². The Morgan fingerprint density at radius 1 is 1.32 bits per heavy atom. The lowest BCUT2D eigenvalue weighted by Crippen LogP contribution is -2.23. The molecule has 7 heteroatoms. The van der Waals surface area contributed by atoms with Crippen molar-refractivity contribution in [2.75, 3.05) is 12.4 Å². The first-order chi connectivity index (χ1) is 10.5. The number of rotatable bonds is 5. The van der Waals surface area contributed by atoms with Gasteiger partial charge in [0.25, 0.3) is 0 Å². The van der Waals surface area contributed by atoms with Gasteiger partial charge in [0.05, 0.1) is 22.4 Å². The fourth-order valence-corrected chi connectivity index (χ4v) is 2.93. The summed E-state index contributed by atoms with van der Waals surface area (Å²) in [5.74, 6) is 0.898. The molecule has 4 nitrogen and oxygen atoms in total. The van der Waals surface area contributed by atoms with Crippen LogP contribution in [0, 0.1) is 0 Å². The van der Waals surface area contributed by atoms with Crippen LogP contribution in [0.15, 0.2) is 41.4 Å². The number of halogens is 2. The fraction of sp³-hybridized carbons (Fsp3) is 0.200. The molecule has 0 spiro atoms. The highest BCUT2D eigenvalue weighted by Crippen LogP contribution is 2.27. The van der Waals surface area contributed by atoms with E-state index in [0.717, 1.165) is 10.6 Å². The highest BCUT2D eigenvalue weighted by molar-refractivity contribution is 8.00. The number of hydrogen-bond acceptors (Lipinski definition) is 4. The standard InChI is InChI=1S/C15H14Cl2N2O2S/c1-9(22-12-5-3-11(21-2)4-6-12)15(20)19-14-13(17)7-10(16)8-18-14/h3-9H,1-2H3,(H,18,19,20)/t9-/m0/s1. The van der Waals surface area contributed by atoms with E-state index in [2.05, 4.69) is 10.3 Å². The minimum absolute atomic E-state index is 0.183. The molecule has 1 aromatic carbocycles. The van der Waals surface area contributed by atoms with Crippen LogP contribution in [0.3, 0.4) is 0 Å². The molecule has 1 heterocycles. The highest BCUT2D eigenvalue weighted by atomic mass is 35.5. The van der Waals surface area contributed by atoms with E-state index >= 15 is 0 Å². The molecule has 0 bridgehead atoms. The first-order valence-electron chi connectivity index (χ1n) is 6.42. The van der Waals surface area contributed by atoms with Crippen LogP contribution in [0.5, 0.6) is 5.75 Å². The van der Waals surface area contributed by atoms with Crippen molar-refractivity contribution in [1.29, 1.82) is 0 Å². The number of methoxy groups -OCH3 is 1. The van der Waals surface area contributed by atoms with Crippen LogP contribution in [0.1, 0.15) is 6.92 Å². The smallest absolute Gasteiger partial charge is 0.238 e. The van der Waals surface area contributed by atoms with Crippen LogP contribution in [0.4, 0.5) is 5.82 Å². The molecule has 0 fully saturated rings. The second-order valence-electron chi connectivity index (χ2n) is 4.41. The van der Waals surface area contributed by atoms with Crippen molar-refractivity contribution >= 4 is 46.7 Å². The number of anilines is 1. The molecule has 22 heavy (non-hydrogen) atoms. The van der Waals surface area contributed by atoms with Crippen LogP contribution in [0.2, 0.25) is 10.0 Å². The Balaban J connectivity index is 1.99. The van der Waals surface area contributed by atoms with Gasteiger partial charge in [0.1, 0.15) is 5.75 Å². The molecule has 0 aliphatic heterocycles. The zero-order chi connectivity index (χ0) is 16.1. The largest absolute Gasteiger partial charge is 0.497 e. The second-order valence-corrected chi connectivity index (χ2v) is 6.67. The molecule has 1 atom stereocenters. The predicted octanol–water partition coefficient (Wildman–Crippen LogP) is 4.52. The summed E-state index contributed by atoms with van der Waals surface area (Å²) in [5, 5.41) is 3.12. The van der Waals surface area contributed by atoms with E-state index in [1.54, 1.807) is 7.11 Å². The van der Waals surface area contributed by atoms with Crippen molar-refractivity contribution in [2.45, 2.75) is 17.1 Å². The summed E-state index contributed by atoms with van der Waals surface area (Å²) in [6.45, 7) is 1.81. The van der Waals surface area contributed by atoms with Crippen LogP contribution in [0.25, 0.3) is 0 Å².